The van der Waals surface area contributed by atoms with Crippen molar-refractivity contribution in [2.45, 2.75) is 25.8 Å². The molecule has 1 aromatic heterocycles. The Morgan fingerprint density at radius 2 is 2.12 bits per heavy atom. The van der Waals surface area contributed by atoms with E-state index >= 15 is 0 Å². The lowest BCUT2D eigenvalue weighted by Crippen LogP contribution is -2.32. The van der Waals surface area contributed by atoms with Crippen molar-refractivity contribution in [1.29, 1.82) is 0 Å². The van der Waals surface area contributed by atoms with Gasteiger partial charge < -0.3 is 14.4 Å². The average Bonchev–Trinajstić information content (AvgIpc) is 3.10. The molecule has 1 aromatic carbocycles. The fraction of sp³-hybridized carbons (Fsp3) is 0.389. The smallest absolute Gasteiger partial charge is 0.258 e. The van der Waals surface area contributed by atoms with Gasteiger partial charge in [0.05, 0.1) is 29.2 Å². The first kappa shape index (κ1) is 14.9. The van der Waals surface area contributed by atoms with Crippen molar-refractivity contribution in [3.05, 3.63) is 47.5 Å². The summed E-state index contributed by atoms with van der Waals surface area (Å²) in [6.07, 6.45) is 5.33. The molecule has 24 heavy (non-hydrogen) atoms. The largest absolute Gasteiger partial charge is 0.486 e. The number of ether oxygens (including phenoxy) is 2. The van der Waals surface area contributed by atoms with Crippen LogP contribution >= 0.6 is 0 Å². The van der Waals surface area contributed by atoms with Crippen LogP contribution < -0.4 is 9.47 Å². The molecule has 0 unspecified atom stereocenters. The summed E-state index contributed by atoms with van der Waals surface area (Å²) in [6, 6.07) is 5.43. The summed E-state index contributed by atoms with van der Waals surface area (Å²) in [5, 5.41) is 0. The molecular formula is C18H19N3O3. The van der Waals surface area contributed by atoms with Crippen LogP contribution in [0, 0.1) is 6.92 Å². The van der Waals surface area contributed by atoms with Crippen LogP contribution in [0.3, 0.4) is 0 Å². The summed E-state index contributed by atoms with van der Waals surface area (Å²) in [6.45, 7) is 3.60. The van der Waals surface area contributed by atoms with Gasteiger partial charge in [-0.1, -0.05) is 6.07 Å². The topological polar surface area (TPSA) is 64.6 Å². The van der Waals surface area contributed by atoms with Crippen molar-refractivity contribution < 1.29 is 14.3 Å². The summed E-state index contributed by atoms with van der Waals surface area (Å²) in [5.74, 6) is 1.15. The Kier molecular flexibility index (Phi) is 3.80. The predicted octanol–water partition coefficient (Wildman–Crippen LogP) is 2.53. The number of amides is 1. The highest BCUT2D eigenvalue weighted by atomic mass is 16.6. The second-order valence-corrected chi connectivity index (χ2v) is 6.07. The Morgan fingerprint density at radius 3 is 3.00 bits per heavy atom. The van der Waals surface area contributed by atoms with Crippen LogP contribution in [0.4, 0.5) is 0 Å². The highest BCUT2D eigenvalue weighted by molar-refractivity contribution is 5.98. The standard InChI is InChI=1S/C18H19N3O3/c1-12-10-19-11-14(20-12)15-5-3-7-21(15)18(22)13-4-2-6-16-17(13)24-9-8-23-16/h2,4,6,10-11,15H,3,5,7-9H2,1H3/t15-/m1/s1. The van der Waals surface area contributed by atoms with Gasteiger partial charge in [-0.15, -0.1) is 0 Å². The molecule has 6 nitrogen and oxygen atoms in total. The fourth-order valence-electron chi connectivity index (χ4n) is 3.36. The Balaban J connectivity index is 1.67. The monoisotopic (exact) mass is 325 g/mol. The minimum atomic E-state index is -0.0387. The zero-order valence-electron chi connectivity index (χ0n) is 13.6. The van der Waals surface area contributed by atoms with Gasteiger partial charge in [-0.2, -0.15) is 0 Å². The lowest BCUT2D eigenvalue weighted by Gasteiger charge is -2.27. The second kappa shape index (κ2) is 6.11. The highest BCUT2D eigenvalue weighted by Crippen LogP contribution is 2.38. The average molecular weight is 325 g/mol. The van der Waals surface area contributed by atoms with E-state index in [2.05, 4.69) is 9.97 Å². The van der Waals surface area contributed by atoms with Crippen LogP contribution in [-0.2, 0) is 0 Å². The molecule has 2 aliphatic rings. The van der Waals surface area contributed by atoms with Gasteiger partial charge in [0.1, 0.15) is 13.2 Å². The van der Waals surface area contributed by atoms with Crippen LogP contribution in [-0.4, -0.2) is 40.5 Å². The first-order chi connectivity index (χ1) is 11.7. The van der Waals surface area contributed by atoms with Crippen molar-refractivity contribution in [3.63, 3.8) is 0 Å². The van der Waals surface area contributed by atoms with E-state index in [1.165, 1.54) is 0 Å². The van der Waals surface area contributed by atoms with Gasteiger partial charge in [-0.05, 0) is 31.9 Å². The van der Waals surface area contributed by atoms with E-state index in [-0.39, 0.29) is 11.9 Å². The van der Waals surface area contributed by atoms with Crippen LogP contribution in [0.2, 0.25) is 0 Å². The number of likely N-dealkylation sites (tertiary alicyclic amines) is 1. The molecule has 1 atom stereocenters. The van der Waals surface area contributed by atoms with Crippen molar-refractivity contribution in [2.24, 2.45) is 0 Å². The Bertz CT molecular complexity index is 778. The maximum Gasteiger partial charge on any atom is 0.258 e. The zero-order chi connectivity index (χ0) is 16.5. The molecule has 0 bridgehead atoms. The van der Waals surface area contributed by atoms with Gasteiger partial charge in [-0.25, -0.2) is 0 Å². The summed E-state index contributed by atoms with van der Waals surface area (Å²) in [5.41, 5.74) is 2.27. The summed E-state index contributed by atoms with van der Waals surface area (Å²) in [4.78, 5) is 23.8. The van der Waals surface area contributed by atoms with Gasteiger partial charge >= 0.3 is 0 Å². The molecule has 0 N–H and O–H groups in total. The molecule has 124 valence electrons. The Labute approximate surface area is 140 Å². The van der Waals surface area contributed by atoms with Crippen molar-refractivity contribution in [2.75, 3.05) is 19.8 Å². The normalized spacial score (nSPS) is 19.4. The molecule has 4 rings (SSSR count). The molecule has 1 fully saturated rings. The van der Waals surface area contributed by atoms with Crippen LogP contribution in [0.25, 0.3) is 0 Å². The first-order valence-electron chi connectivity index (χ1n) is 8.22. The fourth-order valence-corrected chi connectivity index (χ4v) is 3.36. The number of para-hydroxylation sites is 1. The maximum atomic E-state index is 13.1. The Hall–Kier alpha value is -2.63. The molecule has 1 amide bonds. The number of carbonyl (C=O) groups is 1. The molecule has 3 heterocycles. The van der Waals surface area contributed by atoms with Gasteiger partial charge in [0.2, 0.25) is 0 Å². The SMILES string of the molecule is Cc1cncc([C@H]2CCCN2C(=O)c2cccc3c2OCCO3)n1. The third kappa shape index (κ3) is 2.58. The highest BCUT2D eigenvalue weighted by Gasteiger charge is 2.34. The van der Waals surface area contributed by atoms with E-state index in [1.54, 1.807) is 18.5 Å². The minimum Gasteiger partial charge on any atom is -0.486 e. The zero-order valence-corrected chi connectivity index (χ0v) is 13.6. The quantitative estimate of drug-likeness (QED) is 0.849. The number of fused-ring (bicyclic) bond motifs is 1. The van der Waals surface area contributed by atoms with Crippen LogP contribution in [0.1, 0.15) is 40.6 Å². The number of hydrogen-bond donors (Lipinski definition) is 0. The molecule has 0 radical (unpaired) electrons. The lowest BCUT2D eigenvalue weighted by molar-refractivity contribution is 0.0722. The van der Waals surface area contributed by atoms with Crippen molar-refractivity contribution in [1.82, 2.24) is 14.9 Å². The van der Waals surface area contributed by atoms with E-state index in [1.807, 2.05) is 24.0 Å². The van der Waals surface area contributed by atoms with Gasteiger partial charge in [0, 0.05) is 12.7 Å². The minimum absolute atomic E-state index is 0.0368. The first-order valence-corrected chi connectivity index (χ1v) is 8.22. The maximum absolute atomic E-state index is 13.1. The molecule has 0 spiro atoms. The van der Waals surface area contributed by atoms with E-state index in [9.17, 15) is 4.79 Å². The van der Waals surface area contributed by atoms with Crippen LogP contribution in [0.5, 0.6) is 11.5 Å². The summed E-state index contributed by atoms with van der Waals surface area (Å²) in [7, 11) is 0. The number of aromatic nitrogens is 2. The lowest BCUT2D eigenvalue weighted by atomic mass is 10.1. The number of hydrogen-bond acceptors (Lipinski definition) is 5. The van der Waals surface area contributed by atoms with Gasteiger partial charge in [0.25, 0.3) is 5.91 Å². The number of carbonyl (C=O) groups excluding carboxylic acids is 1. The molecule has 0 aliphatic carbocycles. The van der Waals surface area contributed by atoms with E-state index < -0.39 is 0 Å². The Morgan fingerprint density at radius 1 is 1.25 bits per heavy atom. The van der Waals surface area contributed by atoms with E-state index in [0.717, 1.165) is 24.2 Å². The molecule has 2 aliphatic heterocycles. The van der Waals surface area contributed by atoms with Gasteiger partial charge in [0.15, 0.2) is 11.5 Å². The third-order valence-electron chi connectivity index (χ3n) is 4.43. The molecular weight excluding hydrogens is 306 g/mol. The summed E-state index contributed by atoms with van der Waals surface area (Å²) < 4.78 is 11.3. The molecule has 6 heteroatoms. The number of rotatable bonds is 2. The molecule has 0 saturated carbocycles. The number of benzene rings is 1. The number of nitrogens with zero attached hydrogens (tertiary/aromatic N) is 3. The van der Waals surface area contributed by atoms with Crippen LogP contribution in [0.15, 0.2) is 30.6 Å². The van der Waals surface area contributed by atoms with Crippen molar-refractivity contribution >= 4 is 5.91 Å². The predicted molar refractivity (Wildman–Crippen MR) is 87.2 cm³/mol. The van der Waals surface area contributed by atoms with Crippen molar-refractivity contribution in [3.8, 4) is 11.5 Å². The molecule has 1 saturated heterocycles. The second-order valence-electron chi connectivity index (χ2n) is 6.07. The van der Waals surface area contributed by atoms with E-state index in [4.69, 9.17) is 9.47 Å². The van der Waals surface area contributed by atoms with E-state index in [0.29, 0.717) is 36.8 Å². The third-order valence-corrected chi connectivity index (χ3v) is 4.43. The number of aryl methyl sites for hydroxylation is 1. The van der Waals surface area contributed by atoms with Gasteiger partial charge in [-0.3, -0.25) is 14.8 Å². The molecule has 2 aromatic rings. The summed E-state index contributed by atoms with van der Waals surface area (Å²) >= 11 is 0.